The molecule has 1 aliphatic rings. The topological polar surface area (TPSA) is 127 Å². The monoisotopic (exact) mass is 320 g/mol. The van der Waals surface area contributed by atoms with E-state index < -0.39 is 20.8 Å². The van der Waals surface area contributed by atoms with E-state index >= 15 is 0 Å². The molecule has 2 aromatic rings. The second kappa shape index (κ2) is 5.07. The smallest absolute Gasteiger partial charge is 0.400 e. The lowest BCUT2D eigenvalue weighted by Crippen LogP contribution is -2.17. The third-order valence-corrected chi connectivity index (χ3v) is 4.12. The molecule has 0 fully saturated rings. The number of amidine groups is 1. The number of hydrazone groups is 1. The highest BCUT2D eigenvalue weighted by molar-refractivity contribution is 7.90. The Morgan fingerprint density at radius 1 is 1.27 bits per heavy atom. The Morgan fingerprint density at radius 3 is 2.77 bits per heavy atom. The normalized spacial score (nSPS) is 15.5. The van der Waals surface area contributed by atoms with Crippen LogP contribution in [-0.4, -0.2) is 25.4 Å². The Morgan fingerprint density at radius 2 is 2.05 bits per heavy atom. The second-order valence-electron chi connectivity index (χ2n) is 4.21. The van der Waals surface area contributed by atoms with E-state index in [4.69, 9.17) is 4.42 Å². The lowest BCUT2D eigenvalue weighted by atomic mass is 10.2. The third kappa shape index (κ3) is 2.46. The van der Waals surface area contributed by atoms with E-state index in [0.29, 0.717) is 5.56 Å². The first kappa shape index (κ1) is 13.9. The van der Waals surface area contributed by atoms with Crippen LogP contribution in [-0.2, 0) is 10.0 Å². The van der Waals surface area contributed by atoms with Crippen molar-refractivity contribution in [3.05, 3.63) is 57.8 Å². The maximum Gasteiger partial charge on any atom is 0.433 e. The van der Waals surface area contributed by atoms with Crippen molar-refractivity contribution >= 4 is 28.0 Å². The minimum absolute atomic E-state index is 0.0768. The van der Waals surface area contributed by atoms with E-state index in [9.17, 15) is 18.5 Å². The van der Waals surface area contributed by atoms with Crippen LogP contribution >= 0.6 is 0 Å². The third-order valence-electron chi connectivity index (χ3n) is 2.79. The second-order valence-corrected chi connectivity index (χ2v) is 5.79. The Balaban J connectivity index is 1.80. The van der Waals surface area contributed by atoms with Gasteiger partial charge in [-0.2, -0.15) is 13.5 Å². The molecule has 10 heteroatoms. The Hall–Kier alpha value is -3.01. The first-order valence-electron chi connectivity index (χ1n) is 5.95. The summed E-state index contributed by atoms with van der Waals surface area (Å²) < 4.78 is 32.1. The average Bonchev–Trinajstić information content (AvgIpc) is 3.04. The molecule has 9 nitrogen and oxygen atoms in total. The van der Waals surface area contributed by atoms with Gasteiger partial charge in [-0.05, 0) is 18.2 Å². The van der Waals surface area contributed by atoms with Crippen LogP contribution in [0, 0.1) is 10.1 Å². The maximum atomic E-state index is 11.8. The standard InChI is InChI=1S/C12H8N4O5S/c17-16(18)11-6-5-8(21-11)7-13-14-12-9-3-1-2-4-10(9)22(19,20)15-12/h1-7H,(H,14,15)/b13-7-. The largest absolute Gasteiger partial charge is 0.433 e. The van der Waals surface area contributed by atoms with Gasteiger partial charge in [-0.3, -0.25) is 15.5 Å². The molecule has 0 atom stereocenters. The fraction of sp³-hybridized carbons (Fsp3) is 0. The molecule has 0 saturated carbocycles. The quantitative estimate of drug-likeness (QED) is 0.515. The highest BCUT2D eigenvalue weighted by Gasteiger charge is 2.28. The minimum atomic E-state index is -3.72. The van der Waals surface area contributed by atoms with E-state index in [2.05, 4.69) is 14.9 Å². The zero-order chi connectivity index (χ0) is 15.7. The molecule has 0 amide bonds. The highest BCUT2D eigenvalue weighted by Crippen LogP contribution is 2.24. The van der Waals surface area contributed by atoms with Gasteiger partial charge in [0.1, 0.15) is 9.82 Å². The highest BCUT2D eigenvalue weighted by atomic mass is 32.2. The maximum absolute atomic E-state index is 11.8. The molecular formula is C12H8N4O5S. The molecule has 0 unspecified atom stereocenters. The summed E-state index contributed by atoms with van der Waals surface area (Å²) >= 11 is 0. The van der Waals surface area contributed by atoms with Crippen LogP contribution in [0.15, 0.2) is 55.2 Å². The van der Waals surface area contributed by atoms with Crippen molar-refractivity contribution in [1.82, 2.24) is 5.43 Å². The number of hydrogen-bond donors (Lipinski definition) is 1. The molecule has 1 aliphatic heterocycles. The van der Waals surface area contributed by atoms with Gasteiger partial charge >= 0.3 is 5.88 Å². The Labute approximate surface area is 124 Å². The van der Waals surface area contributed by atoms with Crippen LogP contribution in [0.5, 0.6) is 0 Å². The van der Waals surface area contributed by atoms with Crippen molar-refractivity contribution in [3.8, 4) is 0 Å². The van der Waals surface area contributed by atoms with Crippen LogP contribution < -0.4 is 5.43 Å². The fourth-order valence-electron chi connectivity index (χ4n) is 1.85. The number of fused-ring (bicyclic) bond motifs is 1. The van der Waals surface area contributed by atoms with E-state index in [1.807, 2.05) is 0 Å². The van der Waals surface area contributed by atoms with E-state index in [0.717, 1.165) is 0 Å². The number of furan rings is 1. The summed E-state index contributed by atoms with van der Waals surface area (Å²) in [7, 11) is -3.72. The first-order valence-corrected chi connectivity index (χ1v) is 7.39. The number of nitro groups is 1. The van der Waals surface area contributed by atoms with Crippen LogP contribution in [0.2, 0.25) is 0 Å². The van der Waals surface area contributed by atoms with Gasteiger partial charge in [-0.1, -0.05) is 12.1 Å². The minimum Gasteiger partial charge on any atom is -0.400 e. The summed E-state index contributed by atoms with van der Waals surface area (Å²) in [6.45, 7) is 0. The van der Waals surface area contributed by atoms with Gasteiger partial charge in [0.15, 0.2) is 11.6 Å². The van der Waals surface area contributed by atoms with Gasteiger partial charge in [-0.25, -0.2) is 0 Å². The fourth-order valence-corrected chi connectivity index (χ4v) is 3.02. The van der Waals surface area contributed by atoms with Gasteiger partial charge in [0, 0.05) is 5.56 Å². The number of nitrogens with one attached hydrogen (secondary N) is 1. The van der Waals surface area contributed by atoms with E-state index in [1.54, 1.807) is 18.2 Å². The summed E-state index contributed by atoms with van der Waals surface area (Å²) in [5.74, 6) is -0.186. The molecule has 1 aromatic heterocycles. The van der Waals surface area contributed by atoms with Crippen molar-refractivity contribution < 1.29 is 17.8 Å². The van der Waals surface area contributed by atoms with Crippen LogP contribution in [0.4, 0.5) is 5.88 Å². The van der Waals surface area contributed by atoms with Gasteiger partial charge < -0.3 is 4.42 Å². The van der Waals surface area contributed by atoms with Crippen LogP contribution in [0.25, 0.3) is 0 Å². The zero-order valence-corrected chi connectivity index (χ0v) is 11.6. The van der Waals surface area contributed by atoms with E-state index in [-0.39, 0.29) is 16.5 Å². The molecule has 3 rings (SSSR count). The SMILES string of the molecule is O=[N+]([O-])c1ccc(/C=N\NC2=NS(=O)(=O)c3ccccc32)o1. The molecule has 0 spiro atoms. The summed E-state index contributed by atoms with van der Waals surface area (Å²) in [6, 6.07) is 8.87. The lowest BCUT2D eigenvalue weighted by molar-refractivity contribution is -0.402. The van der Waals surface area contributed by atoms with Crippen molar-refractivity contribution in [2.45, 2.75) is 4.90 Å². The predicted molar refractivity (Wildman–Crippen MR) is 76.3 cm³/mol. The summed E-state index contributed by atoms with van der Waals surface area (Å²) in [4.78, 5) is 9.90. The van der Waals surface area contributed by atoms with Gasteiger partial charge in [0.25, 0.3) is 10.0 Å². The van der Waals surface area contributed by atoms with Gasteiger partial charge in [0.2, 0.25) is 0 Å². The van der Waals surface area contributed by atoms with Crippen molar-refractivity contribution in [2.24, 2.45) is 9.50 Å². The molecule has 112 valence electrons. The van der Waals surface area contributed by atoms with Crippen LogP contribution in [0.3, 0.4) is 0 Å². The lowest BCUT2D eigenvalue weighted by Gasteiger charge is -1.99. The molecular weight excluding hydrogens is 312 g/mol. The molecule has 1 N–H and O–H groups in total. The molecule has 2 heterocycles. The molecule has 0 bridgehead atoms. The van der Waals surface area contributed by atoms with Crippen molar-refractivity contribution in [1.29, 1.82) is 0 Å². The zero-order valence-electron chi connectivity index (χ0n) is 10.8. The summed E-state index contributed by atoms with van der Waals surface area (Å²) in [5, 5.41) is 14.2. The molecule has 0 saturated heterocycles. The number of hydrogen-bond acceptors (Lipinski definition) is 7. The molecule has 1 aromatic carbocycles. The first-order chi connectivity index (χ1) is 10.5. The number of rotatable bonds is 3. The van der Waals surface area contributed by atoms with Gasteiger partial charge in [0.05, 0.1) is 12.3 Å². The number of nitrogens with zero attached hydrogens (tertiary/aromatic N) is 3. The van der Waals surface area contributed by atoms with Crippen LogP contribution in [0.1, 0.15) is 11.3 Å². The Kier molecular flexibility index (Phi) is 3.22. The predicted octanol–water partition coefficient (Wildman–Crippen LogP) is 1.26. The molecule has 0 aliphatic carbocycles. The van der Waals surface area contributed by atoms with Crippen molar-refractivity contribution in [3.63, 3.8) is 0 Å². The molecule has 0 radical (unpaired) electrons. The summed E-state index contributed by atoms with van der Waals surface area (Å²) in [6.07, 6.45) is 1.18. The number of benzene rings is 1. The molecule has 22 heavy (non-hydrogen) atoms. The van der Waals surface area contributed by atoms with E-state index in [1.165, 1.54) is 24.4 Å². The average molecular weight is 320 g/mol. The van der Waals surface area contributed by atoms with Gasteiger partial charge in [-0.15, -0.1) is 4.40 Å². The Bertz CT molecular complexity index is 913. The van der Waals surface area contributed by atoms with Crippen molar-refractivity contribution in [2.75, 3.05) is 0 Å². The number of sulfonamides is 1. The summed E-state index contributed by atoms with van der Waals surface area (Å²) in [5.41, 5.74) is 2.90.